The van der Waals surface area contributed by atoms with Crippen molar-refractivity contribution in [3.8, 4) is 11.3 Å². The molecule has 0 bridgehead atoms. The summed E-state index contributed by atoms with van der Waals surface area (Å²) in [6.45, 7) is 1.90. The summed E-state index contributed by atoms with van der Waals surface area (Å²) in [7, 11) is 0. The van der Waals surface area contributed by atoms with E-state index in [9.17, 15) is 9.18 Å². The number of nitrogens with zero attached hydrogens (tertiary/aromatic N) is 1. The van der Waals surface area contributed by atoms with Crippen LogP contribution in [0.5, 0.6) is 0 Å². The molecule has 0 saturated heterocycles. The number of carbonyl (C=O) groups is 1. The van der Waals surface area contributed by atoms with E-state index in [1.54, 1.807) is 23.5 Å². The maximum atomic E-state index is 12.9. The summed E-state index contributed by atoms with van der Waals surface area (Å²) >= 11 is 1.57. The Morgan fingerprint density at radius 3 is 2.77 bits per heavy atom. The topological polar surface area (TPSA) is 55.1 Å². The van der Waals surface area contributed by atoms with Crippen LogP contribution in [-0.2, 0) is 0 Å². The number of amides is 1. The number of carbonyl (C=O) groups excluding carboxylic acids is 1. The standard InChI is InChI=1S/C16H13FN2O2S/c1-10(14-3-2-8-22-14)19-15(20)16-18-9-13(21-16)11-4-6-12(17)7-5-11/h2-10H,1H3,(H,19,20)/t10-/m1/s1. The molecular formula is C16H13FN2O2S. The average molecular weight is 316 g/mol. The number of rotatable bonds is 4. The maximum Gasteiger partial charge on any atom is 0.307 e. The van der Waals surface area contributed by atoms with E-state index >= 15 is 0 Å². The average Bonchev–Trinajstić information content (AvgIpc) is 3.20. The van der Waals surface area contributed by atoms with Gasteiger partial charge in [0.1, 0.15) is 5.82 Å². The fourth-order valence-electron chi connectivity index (χ4n) is 1.99. The summed E-state index contributed by atoms with van der Waals surface area (Å²) in [5.41, 5.74) is 0.666. The Morgan fingerprint density at radius 1 is 1.32 bits per heavy atom. The molecule has 0 saturated carbocycles. The van der Waals surface area contributed by atoms with E-state index in [0.717, 1.165) is 4.88 Å². The lowest BCUT2D eigenvalue weighted by molar-refractivity contribution is 0.0906. The molecule has 0 aliphatic carbocycles. The van der Waals surface area contributed by atoms with E-state index in [0.29, 0.717) is 11.3 Å². The first-order valence-electron chi connectivity index (χ1n) is 6.69. The number of hydrogen-bond acceptors (Lipinski definition) is 4. The summed E-state index contributed by atoms with van der Waals surface area (Å²) in [6.07, 6.45) is 1.46. The predicted molar refractivity (Wildman–Crippen MR) is 82.1 cm³/mol. The molecule has 0 aliphatic heterocycles. The molecule has 3 rings (SSSR count). The monoisotopic (exact) mass is 316 g/mol. The summed E-state index contributed by atoms with van der Waals surface area (Å²) < 4.78 is 18.4. The smallest absolute Gasteiger partial charge is 0.307 e. The zero-order chi connectivity index (χ0) is 15.5. The number of benzene rings is 1. The molecule has 0 fully saturated rings. The molecule has 1 N–H and O–H groups in total. The Hall–Kier alpha value is -2.47. The van der Waals surface area contributed by atoms with Crippen LogP contribution in [0, 0.1) is 5.82 Å². The van der Waals surface area contributed by atoms with Crippen molar-refractivity contribution in [3.05, 3.63) is 64.6 Å². The normalized spacial score (nSPS) is 12.1. The van der Waals surface area contributed by atoms with Gasteiger partial charge in [0.15, 0.2) is 5.76 Å². The lowest BCUT2D eigenvalue weighted by Crippen LogP contribution is -2.26. The van der Waals surface area contributed by atoms with E-state index in [1.165, 1.54) is 18.3 Å². The van der Waals surface area contributed by atoms with Crippen LogP contribution in [0.4, 0.5) is 4.39 Å². The highest BCUT2D eigenvalue weighted by Crippen LogP contribution is 2.22. The molecule has 0 radical (unpaired) electrons. The van der Waals surface area contributed by atoms with Crippen molar-refractivity contribution in [1.29, 1.82) is 0 Å². The number of nitrogens with one attached hydrogen (secondary N) is 1. The van der Waals surface area contributed by atoms with Gasteiger partial charge in [0.05, 0.1) is 12.2 Å². The maximum absolute atomic E-state index is 12.9. The van der Waals surface area contributed by atoms with Gasteiger partial charge in [-0.3, -0.25) is 4.79 Å². The molecule has 22 heavy (non-hydrogen) atoms. The van der Waals surface area contributed by atoms with Crippen molar-refractivity contribution >= 4 is 17.2 Å². The first-order valence-corrected chi connectivity index (χ1v) is 7.57. The number of thiophene rings is 1. The second-order valence-corrected chi connectivity index (χ2v) is 5.73. The number of aromatic nitrogens is 1. The van der Waals surface area contributed by atoms with Crippen molar-refractivity contribution in [1.82, 2.24) is 10.3 Å². The van der Waals surface area contributed by atoms with Crippen LogP contribution in [0.25, 0.3) is 11.3 Å². The van der Waals surface area contributed by atoms with E-state index < -0.39 is 0 Å². The summed E-state index contributed by atoms with van der Waals surface area (Å²) in [4.78, 5) is 17.2. The lowest BCUT2D eigenvalue weighted by atomic mass is 10.2. The van der Waals surface area contributed by atoms with Crippen molar-refractivity contribution in [2.75, 3.05) is 0 Å². The molecule has 3 aromatic rings. The minimum Gasteiger partial charge on any atom is -0.432 e. The van der Waals surface area contributed by atoms with Gasteiger partial charge in [0, 0.05) is 10.4 Å². The van der Waals surface area contributed by atoms with Crippen LogP contribution in [0.3, 0.4) is 0 Å². The molecule has 0 unspecified atom stereocenters. The molecule has 1 amide bonds. The van der Waals surface area contributed by atoms with Crippen LogP contribution < -0.4 is 5.32 Å². The van der Waals surface area contributed by atoms with Gasteiger partial charge in [-0.05, 0) is 42.6 Å². The third-order valence-corrected chi connectivity index (χ3v) is 4.20. The zero-order valence-electron chi connectivity index (χ0n) is 11.7. The van der Waals surface area contributed by atoms with Crippen molar-refractivity contribution < 1.29 is 13.6 Å². The van der Waals surface area contributed by atoms with E-state index in [1.807, 2.05) is 24.4 Å². The number of halogens is 1. The van der Waals surface area contributed by atoms with Crippen LogP contribution in [0.2, 0.25) is 0 Å². The number of oxazole rings is 1. The highest BCUT2D eigenvalue weighted by atomic mass is 32.1. The van der Waals surface area contributed by atoms with Crippen LogP contribution in [-0.4, -0.2) is 10.9 Å². The summed E-state index contributed by atoms with van der Waals surface area (Å²) in [5, 5.41) is 4.78. The fraction of sp³-hybridized carbons (Fsp3) is 0.125. The Morgan fingerprint density at radius 2 is 2.09 bits per heavy atom. The lowest BCUT2D eigenvalue weighted by Gasteiger charge is -2.09. The Kier molecular flexibility index (Phi) is 4.02. The molecular weight excluding hydrogens is 303 g/mol. The largest absolute Gasteiger partial charge is 0.432 e. The highest BCUT2D eigenvalue weighted by molar-refractivity contribution is 7.10. The fourth-order valence-corrected chi connectivity index (χ4v) is 2.73. The molecule has 112 valence electrons. The third-order valence-electron chi connectivity index (χ3n) is 3.15. The van der Waals surface area contributed by atoms with Crippen LogP contribution >= 0.6 is 11.3 Å². The quantitative estimate of drug-likeness (QED) is 0.790. The summed E-state index contributed by atoms with van der Waals surface area (Å²) in [5.74, 6) is -0.295. The van der Waals surface area contributed by atoms with Crippen molar-refractivity contribution in [2.45, 2.75) is 13.0 Å². The number of hydrogen-bond donors (Lipinski definition) is 1. The Balaban J connectivity index is 1.73. The van der Waals surface area contributed by atoms with Crippen LogP contribution in [0.1, 0.15) is 28.5 Å². The predicted octanol–water partition coefficient (Wildman–Crippen LogP) is 4.03. The van der Waals surface area contributed by atoms with E-state index in [-0.39, 0.29) is 23.7 Å². The Bertz CT molecular complexity index is 766. The second kappa shape index (κ2) is 6.11. The molecule has 1 atom stereocenters. The van der Waals surface area contributed by atoms with E-state index in [4.69, 9.17) is 4.42 Å². The van der Waals surface area contributed by atoms with Gasteiger partial charge in [0.2, 0.25) is 0 Å². The molecule has 2 aromatic heterocycles. The van der Waals surface area contributed by atoms with Gasteiger partial charge in [-0.2, -0.15) is 0 Å². The third kappa shape index (κ3) is 3.07. The molecule has 1 aromatic carbocycles. The van der Waals surface area contributed by atoms with Gasteiger partial charge < -0.3 is 9.73 Å². The molecule has 2 heterocycles. The minimum atomic E-state index is -0.380. The van der Waals surface area contributed by atoms with Gasteiger partial charge in [-0.1, -0.05) is 6.07 Å². The Labute approximate surface area is 130 Å². The van der Waals surface area contributed by atoms with Gasteiger partial charge >= 0.3 is 5.91 Å². The van der Waals surface area contributed by atoms with Gasteiger partial charge in [-0.15, -0.1) is 11.3 Å². The van der Waals surface area contributed by atoms with Gasteiger partial charge in [-0.25, -0.2) is 9.37 Å². The second-order valence-electron chi connectivity index (χ2n) is 4.75. The summed E-state index contributed by atoms with van der Waals surface area (Å²) in [6, 6.07) is 9.58. The molecule has 0 aliphatic rings. The SMILES string of the molecule is C[C@@H](NC(=O)c1ncc(-c2ccc(F)cc2)o1)c1cccs1. The molecule has 6 heteroatoms. The van der Waals surface area contributed by atoms with Crippen LogP contribution in [0.15, 0.2) is 52.4 Å². The molecule has 0 spiro atoms. The molecule has 4 nitrogen and oxygen atoms in total. The first-order chi connectivity index (χ1) is 10.6. The van der Waals surface area contributed by atoms with Crippen molar-refractivity contribution in [3.63, 3.8) is 0 Å². The van der Waals surface area contributed by atoms with Crippen molar-refractivity contribution in [2.24, 2.45) is 0 Å². The van der Waals surface area contributed by atoms with Gasteiger partial charge in [0.25, 0.3) is 5.89 Å². The first kappa shape index (κ1) is 14.5. The van der Waals surface area contributed by atoms with E-state index in [2.05, 4.69) is 10.3 Å². The zero-order valence-corrected chi connectivity index (χ0v) is 12.6. The highest BCUT2D eigenvalue weighted by Gasteiger charge is 2.17. The minimum absolute atomic E-state index is 0.0114.